The van der Waals surface area contributed by atoms with Crippen molar-refractivity contribution in [2.45, 2.75) is 107 Å². The van der Waals surface area contributed by atoms with E-state index in [0.29, 0.717) is 0 Å². The number of alkyl halides is 4. The maximum absolute atomic E-state index is 14.0. The normalized spacial score (nSPS) is 15.8. The Hall–Kier alpha value is -1.97. The van der Waals surface area contributed by atoms with Gasteiger partial charge in [-0.05, 0) is 76.2 Å². The average Bonchev–Trinajstić information content (AvgIpc) is 3.13. The number of esters is 5. The second-order valence-electron chi connectivity index (χ2n) is 18.5. The van der Waals surface area contributed by atoms with E-state index in [9.17, 15) is 38.7 Å². The van der Waals surface area contributed by atoms with E-state index >= 15 is 0 Å². The number of hydrogen-bond donors (Lipinski definition) is 1. The van der Waals surface area contributed by atoms with Crippen molar-refractivity contribution in [3.05, 3.63) is 12.7 Å². The molecule has 0 aromatic rings. The van der Waals surface area contributed by atoms with Crippen molar-refractivity contribution in [3.63, 3.8) is 0 Å². The van der Waals surface area contributed by atoms with Crippen molar-refractivity contribution in [2.24, 2.45) is 28.1 Å². The largest absolute Gasteiger partial charge is 0.464 e. The van der Waals surface area contributed by atoms with Gasteiger partial charge in [0, 0.05) is 14.6 Å². The maximum atomic E-state index is 14.0. The van der Waals surface area contributed by atoms with Gasteiger partial charge in [0.15, 0.2) is 0 Å². The van der Waals surface area contributed by atoms with Crippen LogP contribution in [0.2, 0.25) is 0 Å². The van der Waals surface area contributed by atoms with Crippen LogP contribution >= 0.6 is 63.7 Å². The van der Waals surface area contributed by atoms with E-state index in [1.165, 1.54) is 26.8 Å². The van der Waals surface area contributed by atoms with Gasteiger partial charge in [-0.3, -0.25) is 38.5 Å². The molecule has 0 bridgehead atoms. The first-order chi connectivity index (χ1) is 28.0. The van der Waals surface area contributed by atoms with E-state index in [-0.39, 0.29) is 26.4 Å². The molecule has 0 aliphatic carbocycles. The second kappa shape index (κ2) is 25.1. The van der Waals surface area contributed by atoms with E-state index in [1.54, 1.807) is 41.5 Å². The molecule has 0 rings (SSSR count). The van der Waals surface area contributed by atoms with Crippen LogP contribution < -0.4 is 0 Å². The van der Waals surface area contributed by atoms with Crippen molar-refractivity contribution in [2.75, 3.05) is 72.6 Å². The topological polar surface area (TPSA) is 208 Å². The fourth-order valence-corrected chi connectivity index (χ4v) is 5.16. The van der Waals surface area contributed by atoms with Crippen LogP contribution in [0, 0.1) is 28.1 Å². The molecule has 0 saturated heterocycles. The number of aliphatic hydroxyl groups excluding tert-OH is 1. The lowest BCUT2D eigenvalue weighted by molar-refractivity contribution is -0.182. The zero-order valence-electron chi connectivity index (χ0n) is 38.3. The highest BCUT2D eigenvalue weighted by Gasteiger charge is 2.46. The number of carbonyl (C=O) groups excluding carboxylic acids is 7. The molecule has 0 aromatic heterocycles. The number of nitrogens with zero attached hydrogens (tertiary/aromatic N) is 1. The van der Waals surface area contributed by atoms with Gasteiger partial charge in [0.2, 0.25) is 11.8 Å². The quantitative estimate of drug-likeness (QED) is 0.0398. The summed E-state index contributed by atoms with van der Waals surface area (Å²) in [5.74, 6) is -7.36. The highest BCUT2D eigenvalue weighted by molar-refractivity contribution is 9.10. The number of rotatable bonds is 28. The minimum absolute atomic E-state index is 0.149. The van der Waals surface area contributed by atoms with Gasteiger partial charge in [-0.25, -0.2) is 0 Å². The molecule has 62 heavy (non-hydrogen) atoms. The van der Waals surface area contributed by atoms with Crippen LogP contribution in [-0.4, -0.2) is 142 Å². The van der Waals surface area contributed by atoms with Gasteiger partial charge in [-0.1, -0.05) is 83.6 Å². The SMILES string of the molecule is C=CC(CO)C(=O)N(CCOC(=O)C(C)(COC(=O)C(C)(COCC(C)(C)Br)COC(=O)C(C)(C)Br)COC(=O)C(C)(COCC(C)(C)Br)COC(=O)C(C)(C)Br)C(=O)C(C)C. The van der Waals surface area contributed by atoms with Gasteiger partial charge in [-0.2, -0.15) is 0 Å². The number of amides is 2. The van der Waals surface area contributed by atoms with Crippen molar-refractivity contribution >= 4 is 105 Å². The molecular weight excluding hydrogens is 1080 g/mol. The predicted octanol–water partition coefficient (Wildman–Crippen LogP) is 6.25. The third-order valence-corrected chi connectivity index (χ3v) is 9.75. The number of hydrogen-bond acceptors (Lipinski definition) is 15. The molecule has 20 heteroatoms. The molecule has 0 heterocycles. The molecule has 358 valence electrons. The van der Waals surface area contributed by atoms with Gasteiger partial charge in [0.1, 0.15) is 57.9 Å². The Morgan fingerprint density at radius 3 is 1.15 bits per heavy atom. The Morgan fingerprint density at radius 2 is 0.855 bits per heavy atom. The van der Waals surface area contributed by atoms with Crippen molar-refractivity contribution in [3.8, 4) is 0 Å². The monoisotopic (exact) mass is 1140 g/mol. The fourth-order valence-electron chi connectivity index (χ4n) is 4.61. The van der Waals surface area contributed by atoms with Crippen LogP contribution in [0.3, 0.4) is 0 Å². The van der Waals surface area contributed by atoms with Crippen LogP contribution in [0.4, 0.5) is 0 Å². The van der Waals surface area contributed by atoms with Crippen molar-refractivity contribution < 1.29 is 71.8 Å². The van der Waals surface area contributed by atoms with E-state index in [4.69, 9.17) is 33.2 Å². The lowest BCUT2D eigenvalue weighted by Crippen LogP contribution is -2.48. The number of imide groups is 1. The van der Waals surface area contributed by atoms with Gasteiger partial charge >= 0.3 is 29.8 Å². The number of halogens is 4. The Morgan fingerprint density at radius 1 is 0.532 bits per heavy atom. The summed E-state index contributed by atoms with van der Waals surface area (Å²) in [4.78, 5) is 94.4. The molecule has 3 unspecified atom stereocenters. The van der Waals surface area contributed by atoms with Gasteiger partial charge < -0.3 is 38.3 Å². The summed E-state index contributed by atoms with van der Waals surface area (Å²) in [5.41, 5.74) is -5.15. The molecule has 0 spiro atoms. The van der Waals surface area contributed by atoms with Crippen molar-refractivity contribution in [1.29, 1.82) is 0 Å². The van der Waals surface area contributed by atoms with E-state index in [2.05, 4.69) is 70.3 Å². The summed E-state index contributed by atoms with van der Waals surface area (Å²) in [5, 5.41) is 9.70. The summed E-state index contributed by atoms with van der Waals surface area (Å²) in [6.45, 7) is 20.3. The van der Waals surface area contributed by atoms with Crippen LogP contribution in [0.5, 0.6) is 0 Å². The highest BCUT2D eigenvalue weighted by atomic mass is 79.9. The number of carbonyl (C=O) groups is 7. The summed E-state index contributed by atoms with van der Waals surface area (Å²) in [7, 11) is 0. The molecule has 1 N–H and O–H groups in total. The molecule has 0 aliphatic rings. The molecule has 16 nitrogen and oxygen atoms in total. The predicted molar refractivity (Wildman–Crippen MR) is 245 cm³/mol. The average molecular weight is 1150 g/mol. The van der Waals surface area contributed by atoms with Crippen molar-refractivity contribution in [1.82, 2.24) is 4.90 Å². The third-order valence-electron chi connectivity index (χ3n) is 8.64. The molecular formula is C42H67Br4NO15. The van der Waals surface area contributed by atoms with Crippen LogP contribution in [-0.2, 0) is 66.7 Å². The molecule has 2 amide bonds. The van der Waals surface area contributed by atoms with Crippen LogP contribution in [0.15, 0.2) is 12.7 Å². The van der Waals surface area contributed by atoms with Crippen LogP contribution in [0.1, 0.15) is 90.0 Å². The summed E-state index contributed by atoms with van der Waals surface area (Å²) in [6.07, 6.45) is 1.19. The minimum atomic E-state index is -1.95. The van der Waals surface area contributed by atoms with E-state index in [1.807, 2.05) is 27.7 Å². The first-order valence-electron chi connectivity index (χ1n) is 19.8. The molecule has 0 radical (unpaired) electrons. The molecule has 0 fully saturated rings. The van der Waals surface area contributed by atoms with E-state index < -0.39 is 133 Å². The summed E-state index contributed by atoms with van der Waals surface area (Å²) < 4.78 is 36.5. The Kier molecular flexibility index (Phi) is 24.3. The number of ether oxygens (including phenoxy) is 7. The molecule has 3 atom stereocenters. The fraction of sp³-hybridized carbons (Fsp3) is 0.786. The zero-order valence-corrected chi connectivity index (χ0v) is 44.7. The van der Waals surface area contributed by atoms with Gasteiger partial charge in [0.05, 0.1) is 45.5 Å². The van der Waals surface area contributed by atoms with E-state index in [0.717, 1.165) is 4.90 Å². The van der Waals surface area contributed by atoms with Gasteiger partial charge in [0.25, 0.3) is 0 Å². The van der Waals surface area contributed by atoms with Gasteiger partial charge in [-0.15, -0.1) is 6.58 Å². The molecule has 0 saturated carbocycles. The lowest BCUT2D eigenvalue weighted by atomic mass is 9.90. The summed E-state index contributed by atoms with van der Waals surface area (Å²) >= 11 is 13.5. The third kappa shape index (κ3) is 21.3. The molecule has 0 aliphatic heterocycles. The summed E-state index contributed by atoms with van der Waals surface area (Å²) in [6, 6.07) is 0. The Bertz CT molecular complexity index is 1490. The standard InChI is InChI=1S/C42H67Br4NO15/c1-15-28(18-48)30(50)47(29(49)27(2)3)16-17-58-33(53)42(14,25-61-34(54)40(12,21-56-19-36(4,5)43)23-59-31(51)38(8,9)45)26-62-35(55)41(13,22-57-20-37(6,7)44)24-60-32(52)39(10,11)46/h15,27-28,48H,1,16-26H2,2-14H3. The minimum Gasteiger partial charge on any atom is -0.464 e. The second-order valence-corrected chi connectivity index (χ2v) is 26.8. The number of aliphatic hydroxyl groups is 1. The zero-order chi connectivity index (χ0) is 48.7. The lowest BCUT2D eigenvalue weighted by Gasteiger charge is -2.33. The molecule has 0 aromatic carbocycles. The smallest absolute Gasteiger partial charge is 0.322 e. The first kappa shape index (κ1) is 60.0. The highest BCUT2D eigenvalue weighted by Crippen LogP contribution is 2.30. The van der Waals surface area contributed by atoms with Crippen LogP contribution in [0.25, 0.3) is 0 Å². The Balaban J connectivity index is 6.88. The first-order valence-corrected chi connectivity index (χ1v) is 23.0. The Labute approximate surface area is 400 Å². The maximum Gasteiger partial charge on any atom is 0.322 e.